The van der Waals surface area contributed by atoms with Crippen LogP contribution in [0.5, 0.6) is 0 Å². The zero-order valence-electron chi connectivity index (χ0n) is 9.89. The Labute approximate surface area is 108 Å². The zero-order valence-corrected chi connectivity index (χ0v) is 9.89. The molecule has 0 fully saturated rings. The van der Waals surface area contributed by atoms with Crippen molar-refractivity contribution in [1.29, 1.82) is 0 Å². The van der Waals surface area contributed by atoms with Gasteiger partial charge in [0.05, 0.1) is 0 Å². The first-order valence-corrected chi connectivity index (χ1v) is 5.57. The van der Waals surface area contributed by atoms with Gasteiger partial charge in [-0.3, -0.25) is 9.79 Å². The van der Waals surface area contributed by atoms with Gasteiger partial charge in [-0.25, -0.2) is 4.79 Å². The van der Waals surface area contributed by atoms with Gasteiger partial charge in [0.15, 0.2) is 11.9 Å². The van der Waals surface area contributed by atoms with Gasteiger partial charge in [0.2, 0.25) is 0 Å². The first-order chi connectivity index (χ1) is 9.16. The Morgan fingerprint density at radius 2 is 1.89 bits per heavy atom. The second kappa shape index (κ2) is 5.88. The minimum absolute atomic E-state index is 0.302. The molecule has 1 aromatic heterocycles. The van der Waals surface area contributed by atoms with Gasteiger partial charge >= 0.3 is 5.63 Å². The van der Waals surface area contributed by atoms with Crippen LogP contribution < -0.4 is 5.63 Å². The lowest BCUT2D eigenvalue weighted by atomic mass is 10.2. The Morgan fingerprint density at radius 1 is 1.11 bits per heavy atom. The zero-order chi connectivity index (χ0) is 13.7. The van der Waals surface area contributed by atoms with E-state index in [1.807, 2.05) is 18.2 Å². The van der Waals surface area contributed by atoms with Crippen molar-refractivity contribution in [2.24, 2.45) is 4.99 Å². The van der Waals surface area contributed by atoms with E-state index < -0.39 is 6.10 Å². The number of para-hydroxylation sites is 1. The summed E-state index contributed by atoms with van der Waals surface area (Å²) in [6.45, 7) is 0. The van der Waals surface area contributed by atoms with Gasteiger partial charge in [0, 0.05) is 29.9 Å². The van der Waals surface area contributed by atoms with E-state index in [2.05, 4.69) is 4.99 Å². The fourth-order valence-electron chi connectivity index (χ4n) is 1.43. The number of fused-ring (bicyclic) bond motifs is 1. The van der Waals surface area contributed by atoms with E-state index in [1.165, 1.54) is 24.6 Å². The van der Waals surface area contributed by atoms with Crippen LogP contribution in [-0.4, -0.2) is 23.2 Å². The first-order valence-electron chi connectivity index (χ1n) is 5.57. The smallest absolute Gasteiger partial charge is 0.336 e. The van der Waals surface area contributed by atoms with Crippen LogP contribution in [-0.2, 0) is 4.79 Å². The summed E-state index contributed by atoms with van der Waals surface area (Å²) in [5.74, 6) is -0.306. The minimum atomic E-state index is -1.01. The molecule has 0 saturated heterocycles. The minimum Gasteiger partial charge on any atom is -0.423 e. The predicted molar refractivity (Wildman–Crippen MR) is 71.1 cm³/mol. The highest BCUT2D eigenvalue weighted by Gasteiger charge is 2.09. The number of aliphatic imine (C=N–C) groups is 1. The molecular weight excluding hydrogens is 246 g/mol. The molecule has 0 radical (unpaired) electrons. The van der Waals surface area contributed by atoms with Crippen LogP contribution in [0, 0.1) is 0 Å². The summed E-state index contributed by atoms with van der Waals surface area (Å²) in [5.41, 5.74) is 0.337. The summed E-state index contributed by atoms with van der Waals surface area (Å²) in [6.07, 6.45) is 2.78. The van der Waals surface area contributed by atoms with Crippen molar-refractivity contribution in [3.05, 3.63) is 59.1 Å². The van der Waals surface area contributed by atoms with Gasteiger partial charge in [-0.2, -0.15) is 0 Å². The Balaban J connectivity index is 0.000000148. The monoisotopic (exact) mass is 257 g/mol. The van der Waals surface area contributed by atoms with Gasteiger partial charge in [-0.1, -0.05) is 18.2 Å². The molecule has 0 amide bonds. The van der Waals surface area contributed by atoms with Gasteiger partial charge in [0.1, 0.15) is 5.58 Å². The average Bonchev–Trinajstić information content (AvgIpc) is 2.43. The van der Waals surface area contributed by atoms with Gasteiger partial charge in [-0.15, -0.1) is 0 Å². The Morgan fingerprint density at radius 3 is 2.58 bits per heavy atom. The molecule has 0 spiro atoms. The summed E-state index contributed by atoms with van der Waals surface area (Å²) < 4.78 is 4.91. The topological polar surface area (TPSA) is 79.9 Å². The third kappa shape index (κ3) is 3.46. The molecule has 0 aliphatic carbocycles. The van der Waals surface area contributed by atoms with E-state index in [0.717, 1.165) is 5.39 Å². The van der Waals surface area contributed by atoms with E-state index in [-0.39, 0.29) is 11.4 Å². The molecular formula is C14H11NO4. The summed E-state index contributed by atoms with van der Waals surface area (Å²) in [4.78, 5) is 24.6. The molecule has 96 valence electrons. The van der Waals surface area contributed by atoms with E-state index in [4.69, 9.17) is 9.52 Å². The summed E-state index contributed by atoms with van der Waals surface area (Å²) >= 11 is 0. The second-order valence-electron chi connectivity index (χ2n) is 3.75. The number of carbonyl (C=O) groups is 1. The van der Waals surface area contributed by atoms with Crippen LogP contribution >= 0.6 is 0 Å². The molecule has 19 heavy (non-hydrogen) atoms. The number of rotatable bonds is 0. The molecule has 1 atom stereocenters. The maximum atomic E-state index is 10.7. The standard InChI is InChI=1S/C9H6O2.C5H5NO2/c10-9-6-5-7-3-1-2-4-8(7)11-9;7-4-1-2-6-3-5(4)8/h1-6H;1-3,5,8H. The first kappa shape index (κ1) is 12.9. The lowest BCUT2D eigenvalue weighted by Gasteiger charge is -1.99. The quantitative estimate of drug-likeness (QED) is 0.721. The van der Waals surface area contributed by atoms with E-state index in [1.54, 1.807) is 12.1 Å². The number of aliphatic hydroxyl groups excluding tert-OH is 1. The maximum absolute atomic E-state index is 10.7. The number of carbonyl (C=O) groups excluding carboxylic acids is 1. The lowest BCUT2D eigenvalue weighted by Crippen LogP contribution is -2.20. The summed E-state index contributed by atoms with van der Waals surface area (Å²) in [5, 5.41) is 9.58. The van der Waals surface area contributed by atoms with Crippen LogP contribution in [0.1, 0.15) is 0 Å². The number of benzene rings is 1. The molecule has 5 nitrogen and oxygen atoms in total. The van der Waals surface area contributed by atoms with Crippen LogP contribution in [0.25, 0.3) is 11.0 Å². The van der Waals surface area contributed by atoms with E-state index >= 15 is 0 Å². The molecule has 1 aliphatic rings. The summed E-state index contributed by atoms with van der Waals surface area (Å²) in [7, 11) is 0. The average molecular weight is 257 g/mol. The largest absolute Gasteiger partial charge is 0.423 e. The second-order valence-corrected chi connectivity index (χ2v) is 3.75. The highest BCUT2D eigenvalue weighted by Crippen LogP contribution is 2.08. The van der Waals surface area contributed by atoms with Crippen molar-refractivity contribution in [1.82, 2.24) is 0 Å². The SMILES string of the molecule is O=C1C=CN=CC1O.O=c1ccc2ccccc2o1. The Bertz CT molecular complexity index is 700. The molecule has 1 N–H and O–H groups in total. The van der Waals surface area contributed by atoms with Crippen LogP contribution in [0.2, 0.25) is 0 Å². The van der Waals surface area contributed by atoms with Crippen molar-refractivity contribution < 1.29 is 14.3 Å². The molecule has 0 saturated carbocycles. The number of aliphatic hydroxyl groups is 1. The third-order valence-electron chi connectivity index (χ3n) is 2.37. The summed E-state index contributed by atoms with van der Waals surface area (Å²) in [6, 6.07) is 10.6. The highest BCUT2D eigenvalue weighted by atomic mass is 16.4. The predicted octanol–water partition coefficient (Wildman–Crippen LogP) is 1.31. The van der Waals surface area contributed by atoms with Crippen LogP contribution in [0.3, 0.4) is 0 Å². The van der Waals surface area contributed by atoms with Crippen LogP contribution in [0.4, 0.5) is 0 Å². The van der Waals surface area contributed by atoms with Crippen molar-refractivity contribution in [2.75, 3.05) is 0 Å². The molecule has 5 heteroatoms. The Hall–Kier alpha value is -2.53. The highest BCUT2D eigenvalue weighted by molar-refractivity contribution is 6.05. The molecule has 0 bridgehead atoms. The van der Waals surface area contributed by atoms with E-state index in [9.17, 15) is 9.59 Å². The molecule has 2 aromatic rings. The molecule has 3 rings (SSSR count). The molecule has 1 aromatic carbocycles. The third-order valence-corrected chi connectivity index (χ3v) is 2.37. The lowest BCUT2D eigenvalue weighted by molar-refractivity contribution is -0.119. The number of hydrogen-bond acceptors (Lipinski definition) is 5. The number of nitrogens with zero attached hydrogens (tertiary/aromatic N) is 1. The normalized spacial score (nSPS) is 17.1. The van der Waals surface area contributed by atoms with Gasteiger partial charge in [0.25, 0.3) is 0 Å². The molecule has 1 unspecified atom stereocenters. The maximum Gasteiger partial charge on any atom is 0.336 e. The van der Waals surface area contributed by atoms with Crippen molar-refractivity contribution in [3.63, 3.8) is 0 Å². The van der Waals surface area contributed by atoms with Crippen LogP contribution in [0.15, 0.2) is 62.9 Å². The molecule has 2 heterocycles. The van der Waals surface area contributed by atoms with Gasteiger partial charge in [-0.05, 0) is 12.1 Å². The van der Waals surface area contributed by atoms with Crippen molar-refractivity contribution >= 4 is 23.0 Å². The Kier molecular flexibility index (Phi) is 4.00. The fraction of sp³-hybridized carbons (Fsp3) is 0.0714. The molecule has 1 aliphatic heterocycles. The van der Waals surface area contributed by atoms with Gasteiger partial charge < -0.3 is 9.52 Å². The van der Waals surface area contributed by atoms with Crippen molar-refractivity contribution in [3.8, 4) is 0 Å². The fourth-order valence-corrected chi connectivity index (χ4v) is 1.43. The van der Waals surface area contributed by atoms with E-state index in [0.29, 0.717) is 5.58 Å². The number of ketones is 1. The number of hydrogen-bond donors (Lipinski definition) is 1. The van der Waals surface area contributed by atoms with Crippen molar-refractivity contribution in [2.45, 2.75) is 6.10 Å².